The van der Waals surface area contributed by atoms with E-state index in [0.29, 0.717) is 52.3 Å². The van der Waals surface area contributed by atoms with Gasteiger partial charge in [-0.2, -0.15) is 5.10 Å². The van der Waals surface area contributed by atoms with Gasteiger partial charge in [0.05, 0.1) is 17.6 Å². The lowest BCUT2D eigenvalue weighted by Gasteiger charge is -2.19. The Morgan fingerprint density at radius 2 is 1.71 bits per heavy atom. The first-order valence-corrected chi connectivity index (χ1v) is 9.13. The van der Waals surface area contributed by atoms with Crippen LogP contribution in [0, 0.1) is 6.92 Å². The van der Waals surface area contributed by atoms with Crippen LogP contribution in [0.4, 0.5) is 0 Å². The first-order valence-electron chi connectivity index (χ1n) is 8.75. The maximum atomic E-state index is 13.2. The van der Waals surface area contributed by atoms with Crippen molar-refractivity contribution in [3.63, 3.8) is 0 Å². The van der Waals surface area contributed by atoms with E-state index < -0.39 is 0 Å². The maximum Gasteiger partial charge on any atom is 0.269 e. The Balaban J connectivity index is 1.68. The van der Waals surface area contributed by atoms with Gasteiger partial charge >= 0.3 is 0 Å². The van der Waals surface area contributed by atoms with E-state index in [4.69, 9.17) is 21.1 Å². The normalized spacial score (nSPS) is 13.1. The first kappa shape index (κ1) is 16.8. The van der Waals surface area contributed by atoms with Crippen LogP contribution in [0.5, 0.6) is 11.5 Å². The Hall–Kier alpha value is -3.32. The van der Waals surface area contributed by atoms with E-state index >= 15 is 0 Å². The van der Waals surface area contributed by atoms with Gasteiger partial charge in [0.25, 0.3) is 5.56 Å². The number of benzene rings is 2. The van der Waals surface area contributed by atoms with Gasteiger partial charge in [-0.05, 0) is 43.3 Å². The minimum Gasteiger partial charge on any atom is -0.486 e. The van der Waals surface area contributed by atoms with Crippen LogP contribution in [0.1, 0.15) is 5.82 Å². The summed E-state index contributed by atoms with van der Waals surface area (Å²) in [6, 6.07) is 12.6. The van der Waals surface area contributed by atoms with Crippen LogP contribution >= 0.6 is 11.6 Å². The van der Waals surface area contributed by atoms with Gasteiger partial charge in [0.15, 0.2) is 17.1 Å². The van der Waals surface area contributed by atoms with Crippen LogP contribution in [0.2, 0.25) is 5.02 Å². The zero-order valence-electron chi connectivity index (χ0n) is 14.9. The molecule has 0 N–H and O–H groups in total. The second kappa shape index (κ2) is 6.38. The minimum atomic E-state index is -0.195. The highest BCUT2D eigenvalue weighted by molar-refractivity contribution is 6.30. The molecule has 0 amide bonds. The van der Waals surface area contributed by atoms with Crippen LogP contribution in [-0.4, -0.2) is 32.5 Å². The average molecular weight is 395 g/mol. The average Bonchev–Trinajstić information content (AvgIpc) is 3.12. The standard InChI is InChI=1S/C20H15ClN4O3/c1-12-23-19-16(11-22-25(19)14-4-2-13(21)3-5-14)20(26)24(12)15-6-7-17-18(10-15)28-9-8-27-17/h2-7,10-11H,8-9H2,1H3. The molecule has 2 aromatic carbocycles. The van der Waals surface area contributed by atoms with E-state index in [0.717, 1.165) is 5.69 Å². The predicted octanol–water partition coefficient (Wildman–Crippen LogP) is 3.30. The SMILES string of the molecule is Cc1nc2c(cnn2-c2ccc(Cl)cc2)c(=O)n1-c1ccc2c(c1)OCCO2. The number of aryl methyl sites for hydroxylation is 1. The molecule has 5 rings (SSSR count). The van der Waals surface area contributed by atoms with Gasteiger partial charge in [0.1, 0.15) is 24.4 Å². The van der Waals surface area contributed by atoms with Gasteiger partial charge in [-0.1, -0.05) is 11.6 Å². The summed E-state index contributed by atoms with van der Waals surface area (Å²) in [4.78, 5) is 17.8. The lowest BCUT2D eigenvalue weighted by molar-refractivity contribution is 0.171. The largest absolute Gasteiger partial charge is 0.486 e. The van der Waals surface area contributed by atoms with E-state index in [-0.39, 0.29) is 5.56 Å². The Labute approximate surface area is 164 Å². The summed E-state index contributed by atoms with van der Waals surface area (Å²) in [7, 11) is 0. The molecule has 2 aromatic heterocycles. The molecule has 0 aliphatic carbocycles. The van der Waals surface area contributed by atoms with Gasteiger partial charge in [0, 0.05) is 11.1 Å². The Kier molecular flexibility index (Phi) is 3.84. The molecule has 0 unspecified atom stereocenters. The van der Waals surface area contributed by atoms with Crippen molar-refractivity contribution >= 4 is 22.6 Å². The quantitative estimate of drug-likeness (QED) is 0.521. The Morgan fingerprint density at radius 3 is 2.50 bits per heavy atom. The van der Waals surface area contributed by atoms with Crippen molar-refractivity contribution in [2.24, 2.45) is 0 Å². The minimum absolute atomic E-state index is 0.195. The molecule has 4 aromatic rings. The summed E-state index contributed by atoms with van der Waals surface area (Å²) >= 11 is 5.96. The van der Waals surface area contributed by atoms with Crippen molar-refractivity contribution < 1.29 is 9.47 Å². The summed E-state index contributed by atoms with van der Waals surface area (Å²) in [5.74, 6) is 1.84. The molecular formula is C20H15ClN4O3. The van der Waals surface area contributed by atoms with E-state index in [1.54, 1.807) is 40.4 Å². The number of rotatable bonds is 2. The van der Waals surface area contributed by atoms with Gasteiger partial charge in [-0.3, -0.25) is 9.36 Å². The highest BCUT2D eigenvalue weighted by Crippen LogP contribution is 2.32. The number of nitrogens with zero attached hydrogens (tertiary/aromatic N) is 4. The van der Waals surface area contributed by atoms with Crippen LogP contribution in [0.15, 0.2) is 53.5 Å². The summed E-state index contributed by atoms with van der Waals surface area (Å²) in [5.41, 5.74) is 1.75. The molecule has 1 aliphatic rings. The summed E-state index contributed by atoms with van der Waals surface area (Å²) in [6.07, 6.45) is 1.53. The lowest BCUT2D eigenvalue weighted by Crippen LogP contribution is -2.23. The van der Waals surface area contributed by atoms with Crippen LogP contribution in [-0.2, 0) is 0 Å². The second-order valence-corrected chi connectivity index (χ2v) is 6.83. The van der Waals surface area contributed by atoms with E-state index in [2.05, 4.69) is 10.1 Å². The number of hydrogen-bond acceptors (Lipinski definition) is 5. The second-order valence-electron chi connectivity index (χ2n) is 6.40. The molecule has 7 nitrogen and oxygen atoms in total. The zero-order valence-corrected chi connectivity index (χ0v) is 15.7. The van der Waals surface area contributed by atoms with Crippen molar-refractivity contribution in [2.75, 3.05) is 13.2 Å². The molecule has 3 heterocycles. The number of halogens is 1. The van der Waals surface area contributed by atoms with E-state index in [1.807, 2.05) is 18.2 Å². The van der Waals surface area contributed by atoms with E-state index in [1.165, 1.54) is 6.20 Å². The third-order valence-corrected chi connectivity index (χ3v) is 4.88. The molecule has 8 heteroatoms. The van der Waals surface area contributed by atoms with Crippen molar-refractivity contribution in [1.82, 2.24) is 19.3 Å². The molecule has 0 bridgehead atoms. The smallest absolute Gasteiger partial charge is 0.269 e. The number of fused-ring (bicyclic) bond motifs is 2. The maximum absolute atomic E-state index is 13.2. The van der Waals surface area contributed by atoms with Crippen molar-refractivity contribution in [3.8, 4) is 22.9 Å². The van der Waals surface area contributed by atoms with Crippen LogP contribution in [0.3, 0.4) is 0 Å². The fraction of sp³-hybridized carbons (Fsp3) is 0.150. The Morgan fingerprint density at radius 1 is 1.00 bits per heavy atom. The number of ether oxygens (including phenoxy) is 2. The highest BCUT2D eigenvalue weighted by Gasteiger charge is 2.18. The van der Waals surface area contributed by atoms with Crippen LogP contribution in [0.25, 0.3) is 22.4 Å². The monoisotopic (exact) mass is 394 g/mol. The van der Waals surface area contributed by atoms with Crippen molar-refractivity contribution in [2.45, 2.75) is 6.92 Å². The number of hydrogen-bond donors (Lipinski definition) is 0. The Bertz CT molecular complexity index is 1260. The predicted molar refractivity (Wildman–Crippen MR) is 105 cm³/mol. The lowest BCUT2D eigenvalue weighted by atomic mass is 10.2. The fourth-order valence-electron chi connectivity index (χ4n) is 3.32. The van der Waals surface area contributed by atoms with Crippen molar-refractivity contribution in [3.05, 3.63) is 69.9 Å². The van der Waals surface area contributed by atoms with Gasteiger partial charge in [-0.15, -0.1) is 0 Å². The van der Waals surface area contributed by atoms with E-state index in [9.17, 15) is 4.79 Å². The highest BCUT2D eigenvalue weighted by atomic mass is 35.5. The van der Waals surface area contributed by atoms with Gasteiger partial charge in [-0.25, -0.2) is 9.67 Å². The molecule has 28 heavy (non-hydrogen) atoms. The first-order chi connectivity index (χ1) is 13.6. The molecule has 0 atom stereocenters. The molecule has 0 radical (unpaired) electrons. The molecule has 0 spiro atoms. The summed E-state index contributed by atoms with van der Waals surface area (Å²) < 4.78 is 14.4. The number of aromatic nitrogens is 4. The topological polar surface area (TPSA) is 71.2 Å². The van der Waals surface area contributed by atoms with Crippen LogP contribution < -0.4 is 15.0 Å². The molecule has 0 fully saturated rings. The van der Waals surface area contributed by atoms with Gasteiger partial charge < -0.3 is 9.47 Å². The summed E-state index contributed by atoms with van der Waals surface area (Å²) in [5, 5.41) is 5.41. The third-order valence-electron chi connectivity index (χ3n) is 4.62. The molecule has 140 valence electrons. The zero-order chi connectivity index (χ0) is 19.3. The van der Waals surface area contributed by atoms with Gasteiger partial charge in [0.2, 0.25) is 0 Å². The molecular weight excluding hydrogens is 380 g/mol. The third kappa shape index (κ3) is 2.63. The molecule has 0 saturated carbocycles. The summed E-state index contributed by atoms with van der Waals surface area (Å²) in [6.45, 7) is 2.79. The molecule has 0 saturated heterocycles. The molecule has 1 aliphatic heterocycles. The van der Waals surface area contributed by atoms with Crippen molar-refractivity contribution in [1.29, 1.82) is 0 Å². The fourth-order valence-corrected chi connectivity index (χ4v) is 3.44.